The molecule has 0 fully saturated rings. The van der Waals surface area contributed by atoms with Gasteiger partial charge in [-0.15, -0.1) is 0 Å². The van der Waals surface area contributed by atoms with Gasteiger partial charge in [0.05, 0.1) is 19.1 Å². The van der Waals surface area contributed by atoms with Gasteiger partial charge in [0.25, 0.3) is 0 Å². The number of anilines is 1. The molecule has 0 saturated heterocycles. The SMILES string of the molecule is CCC(=C(c1ccccc1)c1ccc(N(CCN(CC)CC)S(C)(=O)=O)cc1)c1ccc(OC)cc1. The Hall–Kier alpha value is -3.09. The number of methoxy groups -OCH3 is 1. The quantitative estimate of drug-likeness (QED) is 0.276. The third kappa shape index (κ3) is 6.77. The summed E-state index contributed by atoms with van der Waals surface area (Å²) in [6.45, 7) is 9.24. The first-order valence-corrected chi connectivity index (χ1v) is 14.4. The Morgan fingerprint density at radius 3 is 1.81 bits per heavy atom. The average molecular weight is 507 g/mol. The van der Waals surface area contributed by atoms with Gasteiger partial charge in [-0.25, -0.2) is 8.42 Å². The molecule has 0 atom stereocenters. The molecule has 0 aliphatic heterocycles. The minimum absolute atomic E-state index is 0.424. The predicted octanol–water partition coefficient (Wildman–Crippen LogP) is 6.17. The van der Waals surface area contributed by atoms with Crippen LogP contribution in [0.25, 0.3) is 11.1 Å². The van der Waals surface area contributed by atoms with Crippen molar-refractivity contribution in [1.82, 2.24) is 4.90 Å². The molecule has 0 saturated carbocycles. The van der Waals surface area contributed by atoms with Crippen LogP contribution in [0.15, 0.2) is 78.9 Å². The van der Waals surface area contributed by atoms with E-state index in [1.54, 1.807) is 7.11 Å². The number of allylic oxidation sites excluding steroid dienone is 1. The summed E-state index contributed by atoms with van der Waals surface area (Å²) in [6, 6.07) is 26.4. The molecule has 0 N–H and O–H groups in total. The van der Waals surface area contributed by atoms with E-state index in [9.17, 15) is 8.42 Å². The van der Waals surface area contributed by atoms with Gasteiger partial charge in [-0.3, -0.25) is 4.31 Å². The van der Waals surface area contributed by atoms with Crippen LogP contribution in [0.1, 0.15) is 43.9 Å². The molecule has 5 nitrogen and oxygen atoms in total. The normalized spacial score (nSPS) is 12.4. The molecule has 0 heterocycles. The molecule has 0 amide bonds. The van der Waals surface area contributed by atoms with Gasteiger partial charge in [0.1, 0.15) is 5.75 Å². The van der Waals surface area contributed by atoms with Gasteiger partial charge in [-0.2, -0.15) is 0 Å². The summed E-state index contributed by atoms with van der Waals surface area (Å²) in [5.41, 5.74) is 6.36. The molecule has 0 aliphatic rings. The molecule has 0 spiro atoms. The number of rotatable bonds is 12. The van der Waals surface area contributed by atoms with Crippen LogP contribution >= 0.6 is 0 Å². The molecule has 3 aromatic rings. The van der Waals surface area contributed by atoms with Crippen molar-refractivity contribution in [3.8, 4) is 5.75 Å². The fraction of sp³-hybridized carbons (Fsp3) is 0.333. The van der Waals surface area contributed by atoms with E-state index >= 15 is 0 Å². The van der Waals surface area contributed by atoms with Gasteiger partial charge >= 0.3 is 0 Å². The molecule has 3 aromatic carbocycles. The highest BCUT2D eigenvalue weighted by Crippen LogP contribution is 2.35. The van der Waals surface area contributed by atoms with Crippen molar-refractivity contribution in [2.75, 3.05) is 43.8 Å². The van der Waals surface area contributed by atoms with Gasteiger partial charge in [0.15, 0.2) is 0 Å². The van der Waals surface area contributed by atoms with Crippen LogP contribution in [-0.4, -0.2) is 52.9 Å². The van der Waals surface area contributed by atoms with Crippen molar-refractivity contribution in [3.05, 3.63) is 95.6 Å². The van der Waals surface area contributed by atoms with Gasteiger partial charge in [-0.05, 0) is 71.6 Å². The lowest BCUT2D eigenvalue weighted by molar-refractivity contribution is 0.313. The monoisotopic (exact) mass is 506 g/mol. The van der Waals surface area contributed by atoms with E-state index in [1.165, 1.54) is 16.1 Å². The van der Waals surface area contributed by atoms with Crippen molar-refractivity contribution < 1.29 is 13.2 Å². The number of nitrogens with zero attached hydrogens (tertiary/aromatic N) is 2. The zero-order chi connectivity index (χ0) is 26.1. The summed E-state index contributed by atoms with van der Waals surface area (Å²) in [6.07, 6.45) is 2.12. The smallest absolute Gasteiger partial charge is 0.232 e. The minimum Gasteiger partial charge on any atom is -0.497 e. The first-order valence-electron chi connectivity index (χ1n) is 12.6. The van der Waals surface area contributed by atoms with Crippen LogP contribution in [0.4, 0.5) is 5.69 Å². The Balaban J connectivity index is 2.07. The third-order valence-electron chi connectivity index (χ3n) is 6.51. The highest BCUT2D eigenvalue weighted by atomic mass is 32.2. The number of likely N-dealkylation sites (N-methyl/N-ethyl adjacent to an activating group) is 1. The van der Waals surface area contributed by atoms with Crippen LogP contribution in [0.2, 0.25) is 0 Å². The molecule has 0 aromatic heterocycles. The Labute approximate surface area is 217 Å². The van der Waals surface area contributed by atoms with Crippen molar-refractivity contribution in [2.45, 2.75) is 27.2 Å². The van der Waals surface area contributed by atoms with Gasteiger partial charge < -0.3 is 9.64 Å². The molecule has 0 bridgehead atoms. The van der Waals surface area contributed by atoms with E-state index in [-0.39, 0.29) is 0 Å². The van der Waals surface area contributed by atoms with Gasteiger partial charge in [0.2, 0.25) is 10.0 Å². The molecule has 192 valence electrons. The lowest BCUT2D eigenvalue weighted by Gasteiger charge is -2.26. The lowest BCUT2D eigenvalue weighted by Crippen LogP contribution is -2.38. The zero-order valence-electron chi connectivity index (χ0n) is 22.1. The third-order valence-corrected chi connectivity index (χ3v) is 7.71. The second-order valence-corrected chi connectivity index (χ2v) is 10.6. The van der Waals surface area contributed by atoms with Gasteiger partial charge in [-0.1, -0.05) is 75.4 Å². The Kier molecular flexibility index (Phi) is 9.73. The molecular weight excluding hydrogens is 468 g/mol. The number of sulfonamides is 1. The maximum atomic E-state index is 12.6. The maximum absolute atomic E-state index is 12.6. The summed E-state index contributed by atoms with van der Waals surface area (Å²) >= 11 is 0. The van der Waals surface area contributed by atoms with Crippen molar-refractivity contribution in [1.29, 1.82) is 0 Å². The van der Waals surface area contributed by atoms with Crippen molar-refractivity contribution in [2.24, 2.45) is 0 Å². The molecule has 0 radical (unpaired) electrons. The molecule has 36 heavy (non-hydrogen) atoms. The van der Waals surface area contributed by atoms with Gasteiger partial charge in [0, 0.05) is 13.1 Å². The molecular formula is C30H38N2O3S. The van der Waals surface area contributed by atoms with Crippen molar-refractivity contribution >= 4 is 26.9 Å². The Morgan fingerprint density at radius 1 is 0.750 bits per heavy atom. The second kappa shape index (κ2) is 12.7. The van der Waals surface area contributed by atoms with E-state index in [4.69, 9.17) is 4.74 Å². The summed E-state index contributed by atoms with van der Waals surface area (Å²) in [4.78, 5) is 2.23. The maximum Gasteiger partial charge on any atom is 0.232 e. The number of hydrogen-bond acceptors (Lipinski definition) is 4. The van der Waals surface area contributed by atoms with E-state index in [1.807, 2.05) is 54.6 Å². The Morgan fingerprint density at radius 2 is 1.31 bits per heavy atom. The molecule has 0 aliphatic carbocycles. The fourth-order valence-electron chi connectivity index (χ4n) is 4.49. The molecule has 3 rings (SSSR count). The average Bonchev–Trinajstić information content (AvgIpc) is 2.90. The van der Waals surface area contributed by atoms with Crippen LogP contribution in [-0.2, 0) is 10.0 Å². The second-order valence-electron chi connectivity index (χ2n) is 8.71. The highest BCUT2D eigenvalue weighted by molar-refractivity contribution is 7.92. The zero-order valence-corrected chi connectivity index (χ0v) is 22.9. The largest absolute Gasteiger partial charge is 0.497 e. The summed E-state index contributed by atoms with van der Waals surface area (Å²) in [5, 5.41) is 0. The highest BCUT2D eigenvalue weighted by Gasteiger charge is 2.19. The fourth-order valence-corrected chi connectivity index (χ4v) is 5.41. The van der Waals surface area contributed by atoms with Crippen molar-refractivity contribution in [3.63, 3.8) is 0 Å². The topological polar surface area (TPSA) is 49.9 Å². The standard InChI is InChI=1S/C30H38N2O3S/c1-6-29(24-16-20-28(35-4)21-17-24)30(25-12-10-9-11-13-25)26-14-18-27(19-15-26)32(36(5,33)34)23-22-31(7-2)8-3/h9-21H,6-8,22-23H2,1-5H3. The summed E-state index contributed by atoms with van der Waals surface area (Å²) in [7, 11) is -1.73. The van der Waals surface area contributed by atoms with Crippen LogP contribution in [0.3, 0.4) is 0 Å². The van der Waals surface area contributed by atoms with Crippen LogP contribution in [0, 0.1) is 0 Å². The number of hydrogen-bond donors (Lipinski definition) is 0. The molecule has 6 heteroatoms. The van der Waals surface area contributed by atoms with E-state index in [0.29, 0.717) is 18.8 Å². The predicted molar refractivity (Wildman–Crippen MR) is 152 cm³/mol. The molecule has 0 unspecified atom stereocenters. The number of ether oxygens (including phenoxy) is 1. The lowest BCUT2D eigenvalue weighted by atomic mass is 9.88. The first kappa shape index (κ1) is 27.5. The van der Waals surface area contributed by atoms with E-state index in [2.05, 4.69) is 49.9 Å². The van der Waals surface area contributed by atoms with E-state index in [0.717, 1.165) is 47.5 Å². The van der Waals surface area contributed by atoms with Crippen LogP contribution < -0.4 is 9.04 Å². The summed E-state index contributed by atoms with van der Waals surface area (Å²) < 4.78 is 32.1. The number of benzene rings is 3. The van der Waals surface area contributed by atoms with Crippen LogP contribution in [0.5, 0.6) is 5.75 Å². The minimum atomic E-state index is -3.40. The first-order chi connectivity index (χ1) is 17.3. The summed E-state index contributed by atoms with van der Waals surface area (Å²) in [5.74, 6) is 0.824. The van der Waals surface area contributed by atoms with E-state index < -0.39 is 10.0 Å². The Bertz CT molecular complexity index is 1230.